The van der Waals surface area contributed by atoms with Gasteiger partial charge in [-0.3, -0.25) is 24.5 Å². The van der Waals surface area contributed by atoms with Gasteiger partial charge >= 0.3 is 6.01 Å². The van der Waals surface area contributed by atoms with Gasteiger partial charge in [0.25, 0.3) is 23.7 Å². The Morgan fingerprint density at radius 2 is 1.15 bits per heavy atom. The highest BCUT2D eigenvalue weighted by atomic mass is 16.5. The average Bonchev–Trinajstić information content (AvgIpc) is 1.58. The van der Waals surface area contributed by atoms with Gasteiger partial charge in [-0.05, 0) is 91.3 Å². The number of carbonyl (C=O) groups is 4. The third-order valence-corrected chi connectivity index (χ3v) is 17.9. The van der Waals surface area contributed by atoms with E-state index in [-0.39, 0.29) is 11.9 Å². The van der Waals surface area contributed by atoms with Crippen LogP contribution in [0.5, 0.6) is 6.01 Å². The number of ether oxygens (including phenoxy) is 1. The number of likely N-dealkylation sites (N-methyl/N-ethyl adjacent to an activating group) is 2. The first-order chi connectivity index (χ1) is 49.6. The average molecular weight is 1370 g/mol. The topological polar surface area (TPSA) is 368 Å². The van der Waals surface area contributed by atoms with Gasteiger partial charge in [0.1, 0.15) is 28.4 Å². The van der Waals surface area contributed by atoms with Gasteiger partial charge in [-0.1, -0.05) is 116 Å². The van der Waals surface area contributed by atoms with E-state index in [1.165, 1.54) is 36.3 Å². The number of nitrogens with two attached hydrogens (primary N) is 3. The molecule has 1 atom stereocenters. The molecule has 2 aliphatic heterocycles. The summed E-state index contributed by atoms with van der Waals surface area (Å²) < 4.78 is 8.90. The van der Waals surface area contributed by atoms with Crippen molar-refractivity contribution >= 4 is 91.2 Å². The molecule has 1 unspecified atom stereocenters. The molecule has 0 fully saturated rings. The molecule has 27 heteroatoms. The first-order valence-corrected chi connectivity index (χ1v) is 33.4. The van der Waals surface area contributed by atoms with E-state index in [1.807, 2.05) is 112 Å². The molecule has 16 rings (SSSR count). The summed E-state index contributed by atoms with van der Waals surface area (Å²) in [5, 5.41) is 19.4. The number of anilines is 6. The third kappa shape index (κ3) is 14.6. The van der Waals surface area contributed by atoms with Crippen LogP contribution >= 0.6 is 0 Å². The number of amides is 4. The van der Waals surface area contributed by atoms with Gasteiger partial charge < -0.3 is 57.7 Å². The van der Waals surface area contributed by atoms with E-state index in [2.05, 4.69) is 99.4 Å². The first kappa shape index (κ1) is 67.5. The Balaban J connectivity index is 0.000000129. The van der Waals surface area contributed by atoms with Crippen LogP contribution in [0.4, 0.5) is 34.8 Å². The van der Waals surface area contributed by atoms with Gasteiger partial charge in [0, 0.05) is 92.8 Å². The summed E-state index contributed by atoms with van der Waals surface area (Å²) in [7, 11) is 5.61. The van der Waals surface area contributed by atoms with E-state index in [1.54, 1.807) is 39.7 Å². The molecule has 1 aliphatic carbocycles. The van der Waals surface area contributed by atoms with Gasteiger partial charge in [-0.15, -0.1) is 0 Å². The van der Waals surface area contributed by atoms with Crippen LogP contribution < -0.4 is 53.0 Å². The lowest BCUT2D eigenvalue weighted by Crippen LogP contribution is -2.20. The van der Waals surface area contributed by atoms with Crippen LogP contribution in [-0.2, 0) is 38.9 Å². The number of aromatic nitrogens is 13. The molecule has 27 nitrogen and oxygen atoms in total. The van der Waals surface area contributed by atoms with E-state index >= 15 is 0 Å². The largest absolute Gasteiger partial charge is 0.468 e. The number of aromatic amines is 2. The minimum Gasteiger partial charge on any atom is -0.468 e. The summed E-state index contributed by atoms with van der Waals surface area (Å²) in [4.78, 5) is 94.0. The van der Waals surface area contributed by atoms with Gasteiger partial charge in [0.05, 0.1) is 65.1 Å². The van der Waals surface area contributed by atoms with Gasteiger partial charge in [0.2, 0.25) is 17.8 Å². The van der Waals surface area contributed by atoms with Gasteiger partial charge in [-0.2, -0.15) is 29.7 Å². The predicted molar refractivity (Wildman–Crippen MR) is 394 cm³/mol. The fraction of sp³-hybridized carbons (Fsp3) is 0.213. The van der Waals surface area contributed by atoms with Crippen molar-refractivity contribution < 1.29 is 23.9 Å². The van der Waals surface area contributed by atoms with E-state index in [4.69, 9.17) is 51.8 Å². The quantitative estimate of drug-likeness (QED) is 0.0409. The number of hydrogen-bond acceptors (Lipinski definition) is 19. The molecule has 0 saturated carbocycles. The summed E-state index contributed by atoms with van der Waals surface area (Å²) in [6.45, 7) is 7.92. The van der Waals surface area contributed by atoms with Crippen molar-refractivity contribution in [2.24, 2.45) is 17.2 Å². The first-order valence-electron chi connectivity index (χ1n) is 33.4. The molecule has 12 N–H and O–H groups in total. The van der Waals surface area contributed by atoms with Crippen LogP contribution in [0.3, 0.4) is 0 Å². The summed E-state index contributed by atoms with van der Waals surface area (Å²) >= 11 is 0. The minimum absolute atomic E-state index is 0.201. The number of aryl methyl sites for hydroxylation is 2. The van der Waals surface area contributed by atoms with Crippen LogP contribution in [0, 0.1) is 6.92 Å². The Kier molecular flexibility index (Phi) is 19.8. The second-order valence-corrected chi connectivity index (χ2v) is 24.9. The number of methoxy groups -OCH3 is 1. The molecule has 9 heterocycles. The van der Waals surface area contributed by atoms with Crippen molar-refractivity contribution in [3.8, 4) is 17.9 Å². The van der Waals surface area contributed by atoms with Crippen molar-refractivity contribution in [1.29, 1.82) is 0 Å². The number of rotatable bonds is 17. The Morgan fingerprint density at radius 3 is 1.73 bits per heavy atom. The number of nitrogens with one attached hydrogen (secondary N) is 6. The van der Waals surface area contributed by atoms with E-state index in [0.717, 1.165) is 119 Å². The molecule has 6 aromatic carbocycles. The molecule has 13 aromatic rings. The molecule has 3 aliphatic rings. The Morgan fingerprint density at radius 1 is 0.578 bits per heavy atom. The maximum absolute atomic E-state index is 13.1. The summed E-state index contributed by atoms with van der Waals surface area (Å²) in [6.07, 6.45) is 9.18. The number of primary amides is 3. The molecule has 0 saturated heterocycles. The monoisotopic (exact) mass is 1360 g/mol. The van der Waals surface area contributed by atoms with E-state index < -0.39 is 17.7 Å². The van der Waals surface area contributed by atoms with Crippen LogP contribution in [0.25, 0.3) is 44.7 Å². The molecule has 102 heavy (non-hydrogen) atoms. The summed E-state index contributed by atoms with van der Waals surface area (Å²) in [6, 6.07) is 49.2. The zero-order valence-electron chi connectivity index (χ0n) is 56.9. The van der Waals surface area contributed by atoms with Crippen molar-refractivity contribution in [3.05, 3.63) is 238 Å². The Bertz CT molecular complexity index is 5220. The van der Waals surface area contributed by atoms with Crippen molar-refractivity contribution in [2.45, 2.75) is 71.5 Å². The van der Waals surface area contributed by atoms with Crippen LogP contribution in [0.1, 0.15) is 112 Å². The fourth-order valence-electron chi connectivity index (χ4n) is 12.9. The number of imidazole rings is 2. The zero-order valence-corrected chi connectivity index (χ0v) is 56.9. The highest BCUT2D eigenvalue weighted by Gasteiger charge is 2.30. The van der Waals surface area contributed by atoms with E-state index in [9.17, 15) is 19.2 Å². The van der Waals surface area contributed by atoms with Gasteiger partial charge in [0.15, 0.2) is 11.6 Å². The summed E-state index contributed by atoms with van der Waals surface area (Å²) in [5.41, 5.74) is 31.1. The van der Waals surface area contributed by atoms with Crippen LogP contribution in [0.2, 0.25) is 0 Å². The van der Waals surface area contributed by atoms with Gasteiger partial charge in [-0.25, -0.2) is 24.5 Å². The van der Waals surface area contributed by atoms with Crippen LogP contribution in [-0.4, -0.2) is 122 Å². The zero-order chi connectivity index (χ0) is 71.0. The maximum atomic E-state index is 13.1. The molecule has 0 spiro atoms. The molecular weight excluding hydrogens is 1290 g/mol. The minimum atomic E-state index is -0.551. The standard InChI is InChI=1S/C26H27N5O.C23H23N7O2.C22H21N7O.C4H5N3O/c1-16-8-6-13-22-23(16)24(27-15-18-9-4-3-5-10-18)30-26(29-22)31-25(32)19-11-7-12-21-20(19)14-17(2)28-21;1-29-12-11-16-19(29)21(25-13-14-7-4-3-5-8-14)28-22(26-16)30-17-10-6-9-15(20(24)31)18(17)27-23(30)32-2;1-28-11-10-17-19(28)21(24-12-14-6-3-2-4-7-14)27-22(26-17)29-18-9-5-8-15(20(23)30)16(18)13-25-29;5-4(8)3-1-6-2-7-3/h3-5,7,9-12,14,16,28H,6,8,13,15H2,1-2H3,(H2,27,29,30,31,32);3-10H,11-13H2,1-2H3,(H2,24,31)(H,25,26,28);2-9,13H,10-12H2,1H3,(H2,23,30)(H,24,26,27);1-2H,(H2,5,8)(H,6,7). The number of carbonyl (C=O) groups excluding carboxylic acids is 4. The Hall–Kier alpha value is -13.1. The second kappa shape index (κ2) is 30.0. The SMILES string of the molecule is CN1CCc2nc(-n3ncc4c(C(N)=O)cccc43)nc(NCc3ccccc3)c21.COc1nc2c(C(N)=O)cccc2n1-c1nc2c(c(NCc3ccccc3)n1)N(C)CC2.Cc1cc2c(C(=O)Nc3nc4c(c(NCc5ccccc5)n3)C(C)CCC4)cccc2[nH]1.NC(=O)c1cnc[nH]1. The lowest BCUT2D eigenvalue weighted by molar-refractivity contribution is 0.0989. The molecule has 0 bridgehead atoms. The Labute approximate surface area is 586 Å². The fourth-order valence-corrected chi connectivity index (χ4v) is 12.9. The van der Waals surface area contributed by atoms with Crippen molar-refractivity contribution in [3.63, 3.8) is 0 Å². The number of benzene rings is 6. The third-order valence-electron chi connectivity index (χ3n) is 17.9. The summed E-state index contributed by atoms with van der Waals surface area (Å²) in [5.74, 6) is 2.24. The molecular formula is C75H76N22O5. The number of H-pyrrole nitrogens is 2. The highest BCUT2D eigenvalue weighted by molar-refractivity contribution is 6.12. The number of hydrogen-bond donors (Lipinski definition) is 9. The van der Waals surface area contributed by atoms with Crippen molar-refractivity contribution in [2.75, 3.05) is 65.4 Å². The van der Waals surface area contributed by atoms with Crippen LogP contribution in [0.15, 0.2) is 170 Å². The highest BCUT2D eigenvalue weighted by Crippen LogP contribution is 2.39. The number of para-hydroxylation sites is 1. The van der Waals surface area contributed by atoms with Crippen molar-refractivity contribution in [1.82, 2.24) is 64.2 Å². The predicted octanol–water partition coefficient (Wildman–Crippen LogP) is 10.1. The lowest BCUT2D eigenvalue weighted by Gasteiger charge is -2.25. The second-order valence-electron chi connectivity index (χ2n) is 24.9. The van der Waals surface area contributed by atoms with E-state index in [0.29, 0.717) is 82.2 Å². The maximum Gasteiger partial charge on any atom is 0.304 e. The molecule has 4 amide bonds. The molecule has 516 valence electrons. The number of nitrogens with zero attached hydrogens (tertiary/aromatic N) is 13. The molecule has 0 radical (unpaired) electrons. The number of fused-ring (bicyclic) bond motifs is 6. The smallest absolute Gasteiger partial charge is 0.304 e. The lowest BCUT2D eigenvalue weighted by atomic mass is 9.87. The molecule has 7 aromatic heterocycles. The normalized spacial score (nSPS) is 13.3.